The number of hydrogen-bond acceptors (Lipinski definition) is 6. The standard InChI is InChI=1S/C20H15Cl2N5O2S/c1-27(13-6-5-11-23-12-13)20-19(24-15-8-2-3-9-16(15)25-20)26-30(28,29)17-10-4-7-14(21)18(17)22/h2-12H,1H3,(H,24,26). The Labute approximate surface area is 183 Å². The summed E-state index contributed by atoms with van der Waals surface area (Å²) in [4.78, 5) is 14.8. The van der Waals surface area contributed by atoms with E-state index < -0.39 is 10.0 Å². The molecule has 7 nitrogen and oxygen atoms in total. The first-order valence-electron chi connectivity index (χ1n) is 8.74. The van der Waals surface area contributed by atoms with Crippen LogP contribution in [0.2, 0.25) is 10.0 Å². The van der Waals surface area contributed by atoms with E-state index in [9.17, 15) is 8.42 Å². The summed E-state index contributed by atoms with van der Waals surface area (Å²) in [5.41, 5.74) is 1.87. The first-order valence-corrected chi connectivity index (χ1v) is 11.0. The van der Waals surface area contributed by atoms with Gasteiger partial charge < -0.3 is 4.90 Å². The van der Waals surface area contributed by atoms with Gasteiger partial charge in [0.2, 0.25) is 0 Å². The minimum Gasteiger partial charge on any atom is -0.325 e. The van der Waals surface area contributed by atoms with Crippen molar-refractivity contribution in [3.8, 4) is 0 Å². The number of sulfonamides is 1. The van der Waals surface area contributed by atoms with Crippen molar-refractivity contribution in [2.75, 3.05) is 16.7 Å². The van der Waals surface area contributed by atoms with Gasteiger partial charge in [0.15, 0.2) is 11.6 Å². The topological polar surface area (TPSA) is 88.1 Å². The minimum atomic E-state index is -4.08. The van der Waals surface area contributed by atoms with E-state index >= 15 is 0 Å². The SMILES string of the molecule is CN(c1cccnc1)c1nc2ccccc2nc1NS(=O)(=O)c1cccc(Cl)c1Cl. The van der Waals surface area contributed by atoms with E-state index in [-0.39, 0.29) is 20.8 Å². The molecule has 0 aliphatic rings. The van der Waals surface area contributed by atoms with Crippen LogP contribution in [0.4, 0.5) is 17.3 Å². The van der Waals surface area contributed by atoms with Crippen LogP contribution in [0.15, 0.2) is 71.9 Å². The molecular weight excluding hydrogens is 445 g/mol. The van der Waals surface area contributed by atoms with E-state index in [1.807, 2.05) is 12.1 Å². The highest BCUT2D eigenvalue weighted by molar-refractivity contribution is 7.92. The van der Waals surface area contributed by atoms with Crippen LogP contribution in [0, 0.1) is 0 Å². The van der Waals surface area contributed by atoms with Gasteiger partial charge >= 0.3 is 0 Å². The Morgan fingerprint density at radius 3 is 2.37 bits per heavy atom. The molecule has 4 aromatic rings. The molecule has 152 valence electrons. The monoisotopic (exact) mass is 459 g/mol. The Bertz CT molecular complexity index is 1330. The van der Waals surface area contributed by atoms with Crippen LogP contribution in [0.1, 0.15) is 0 Å². The zero-order chi connectivity index (χ0) is 21.3. The average molecular weight is 460 g/mol. The predicted octanol–water partition coefficient (Wildman–Crippen LogP) is 4.90. The third-order valence-corrected chi connectivity index (χ3v) is 6.65. The van der Waals surface area contributed by atoms with Gasteiger partial charge in [-0.2, -0.15) is 0 Å². The lowest BCUT2D eigenvalue weighted by molar-refractivity contribution is 0.601. The molecule has 30 heavy (non-hydrogen) atoms. The van der Waals surface area contributed by atoms with Crippen molar-refractivity contribution >= 4 is 61.6 Å². The fourth-order valence-electron chi connectivity index (χ4n) is 2.84. The molecule has 4 rings (SSSR count). The maximum absolute atomic E-state index is 13.1. The molecule has 0 aliphatic carbocycles. The molecule has 0 radical (unpaired) electrons. The van der Waals surface area contributed by atoms with Crippen molar-refractivity contribution in [1.29, 1.82) is 0 Å². The molecular formula is C20H15Cl2N5O2S. The second kappa shape index (κ2) is 8.06. The number of nitrogens with one attached hydrogen (secondary N) is 1. The molecule has 0 spiro atoms. The first-order chi connectivity index (χ1) is 14.4. The highest BCUT2D eigenvalue weighted by Crippen LogP contribution is 2.33. The molecule has 0 atom stereocenters. The number of nitrogens with zero attached hydrogens (tertiary/aromatic N) is 4. The largest absolute Gasteiger partial charge is 0.325 e. The minimum absolute atomic E-state index is 0.0519. The summed E-state index contributed by atoms with van der Waals surface area (Å²) in [5.74, 6) is 0.361. The van der Waals surface area contributed by atoms with E-state index in [0.29, 0.717) is 22.5 Å². The van der Waals surface area contributed by atoms with Crippen LogP contribution in [0.5, 0.6) is 0 Å². The molecule has 0 aliphatic heterocycles. The van der Waals surface area contributed by atoms with Crippen molar-refractivity contribution < 1.29 is 8.42 Å². The maximum atomic E-state index is 13.1. The number of benzene rings is 2. The number of halogens is 2. The van der Waals surface area contributed by atoms with Crippen LogP contribution in [0.25, 0.3) is 11.0 Å². The molecule has 1 N–H and O–H groups in total. The van der Waals surface area contributed by atoms with Crippen LogP contribution in [0.3, 0.4) is 0 Å². The van der Waals surface area contributed by atoms with Crippen LogP contribution >= 0.6 is 23.2 Å². The van der Waals surface area contributed by atoms with Crippen molar-refractivity contribution in [3.63, 3.8) is 0 Å². The van der Waals surface area contributed by atoms with Crippen molar-refractivity contribution in [1.82, 2.24) is 15.0 Å². The van der Waals surface area contributed by atoms with Crippen molar-refractivity contribution in [3.05, 3.63) is 77.0 Å². The Kier molecular flexibility index (Phi) is 5.46. The zero-order valence-corrected chi connectivity index (χ0v) is 17.9. The third-order valence-electron chi connectivity index (χ3n) is 4.34. The number of pyridine rings is 1. The summed E-state index contributed by atoms with van der Waals surface area (Å²) in [6.45, 7) is 0. The Morgan fingerprint density at radius 1 is 0.933 bits per heavy atom. The lowest BCUT2D eigenvalue weighted by atomic mass is 10.3. The summed E-state index contributed by atoms with van der Waals surface area (Å²) in [7, 11) is -2.33. The summed E-state index contributed by atoms with van der Waals surface area (Å²) >= 11 is 12.1. The van der Waals surface area contributed by atoms with Gasteiger partial charge in [-0.05, 0) is 36.4 Å². The van der Waals surface area contributed by atoms with Gasteiger partial charge in [-0.3, -0.25) is 9.71 Å². The lowest BCUT2D eigenvalue weighted by Crippen LogP contribution is -2.20. The number of para-hydroxylation sites is 2. The Morgan fingerprint density at radius 2 is 1.67 bits per heavy atom. The van der Waals surface area contributed by atoms with Gasteiger partial charge in [0.1, 0.15) is 4.90 Å². The number of rotatable bonds is 5. The van der Waals surface area contributed by atoms with Gasteiger partial charge in [0.25, 0.3) is 10.0 Å². The number of anilines is 3. The number of hydrogen-bond donors (Lipinski definition) is 1. The molecule has 0 bridgehead atoms. The quantitative estimate of drug-likeness (QED) is 0.456. The van der Waals surface area contributed by atoms with E-state index in [0.717, 1.165) is 0 Å². The van der Waals surface area contributed by atoms with Gasteiger partial charge in [-0.15, -0.1) is 0 Å². The lowest BCUT2D eigenvalue weighted by Gasteiger charge is -2.21. The van der Waals surface area contributed by atoms with Gasteiger partial charge in [0.05, 0.1) is 33.0 Å². The zero-order valence-electron chi connectivity index (χ0n) is 15.6. The van der Waals surface area contributed by atoms with Crippen molar-refractivity contribution in [2.24, 2.45) is 0 Å². The summed E-state index contributed by atoms with van der Waals surface area (Å²) in [5, 5.41) is 0.0689. The molecule has 2 aromatic heterocycles. The molecule has 2 aromatic carbocycles. The first kappa shape index (κ1) is 20.3. The van der Waals surface area contributed by atoms with Crippen LogP contribution in [-0.2, 0) is 10.0 Å². The van der Waals surface area contributed by atoms with Crippen LogP contribution < -0.4 is 9.62 Å². The Balaban J connectivity index is 1.86. The Hall–Kier alpha value is -2.94. The van der Waals surface area contributed by atoms with Gasteiger partial charge in [-0.25, -0.2) is 18.4 Å². The molecule has 0 amide bonds. The van der Waals surface area contributed by atoms with Gasteiger partial charge in [-0.1, -0.05) is 41.4 Å². The fraction of sp³-hybridized carbons (Fsp3) is 0.0500. The van der Waals surface area contributed by atoms with E-state index in [1.165, 1.54) is 18.2 Å². The smallest absolute Gasteiger partial charge is 0.264 e. The highest BCUT2D eigenvalue weighted by atomic mass is 35.5. The molecule has 2 heterocycles. The molecule has 0 saturated heterocycles. The van der Waals surface area contributed by atoms with E-state index in [2.05, 4.69) is 19.7 Å². The van der Waals surface area contributed by atoms with E-state index in [4.69, 9.17) is 23.2 Å². The second-order valence-electron chi connectivity index (χ2n) is 6.31. The predicted molar refractivity (Wildman–Crippen MR) is 119 cm³/mol. The van der Waals surface area contributed by atoms with Crippen molar-refractivity contribution in [2.45, 2.75) is 4.90 Å². The highest BCUT2D eigenvalue weighted by Gasteiger charge is 2.24. The molecule has 10 heteroatoms. The van der Waals surface area contributed by atoms with E-state index in [1.54, 1.807) is 48.6 Å². The summed E-state index contributed by atoms with van der Waals surface area (Å²) in [6, 6.07) is 15.2. The summed E-state index contributed by atoms with van der Waals surface area (Å²) in [6.07, 6.45) is 3.29. The molecule has 0 unspecified atom stereocenters. The normalized spacial score (nSPS) is 11.4. The molecule has 0 saturated carbocycles. The molecule has 0 fully saturated rings. The number of fused-ring (bicyclic) bond motifs is 1. The second-order valence-corrected chi connectivity index (χ2v) is 8.75. The third kappa shape index (κ3) is 3.89. The maximum Gasteiger partial charge on any atom is 0.264 e. The summed E-state index contributed by atoms with van der Waals surface area (Å²) < 4.78 is 28.6. The fourth-order valence-corrected chi connectivity index (χ4v) is 4.61. The van der Waals surface area contributed by atoms with Crippen LogP contribution in [-0.4, -0.2) is 30.4 Å². The average Bonchev–Trinajstić information content (AvgIpc) is 2.75. The van der Waals surface area contributed by atoms with Gasteiger partial charge in [0, 0.05) is 13.2 Å². The number of aromatic nitrogens is 3.